The van der Waals surface area contributed by atoms with Crippen molar-refractivity contribution in [1.82, 2.24) is 15.3 Å². The van der Waals surface area contributed by atoms with Crippen LogP contribution >= 0.6 is 0 Å². The van der Waals surface area contributed by atoms with Crippen molar-refractivity contribution in [3.8, 4) is 5.75 Å². The summed E-state index contributed by atoms with van der Waals surface area (Å²) in [6.07, 6.45) is 1.18. The van der Waals surface area contributed by atoms with Crippen LogP contribution in [0, 0.1) is 0 Å². The second-order valence-corrected chi connectivity index (χ2v) is 4.31. The van der Waals surface area contributed by atoms with Crippen molar-refractivity contribution >= 4 is 11.9 Å². The third-order valence-electron chi connectivity index (χ3n) is 3.07. The highest BCUT2D eigenvalue weighted by atomic mass is 16.5. The molecule has 0 spiro atoms. The highest BCUT2D eigenvalue weighted by Gasteiger charge is 2.28. The first-order chi connectivity index (χ1) is 9.66. The topological polar surface area (TPSA) is 104 Å². The zero-order valence-corrected chi connectivity index (χ0v) is 10.3. The van der Waals surface area contributed by atoms with E-state index in [9.17, 15) is 9.59 Å². The number of carboxylic acid groups (broad SMARTS) is 1. The Bertz CT molecular complexity index is 680. The van der Waals surface area contributed by atoms with E-state index in [1.54, 1.807) is 0 Å². The van der Waals surface area contributed by atoms with Gasteiger partial charge in [0.25, 0.3) is 5.91 Å². The van der Waals surface area contributed by atoms with Gasteiger partial charge in [0.2, 0.25) is 0 Å². The highest BCUT2D eigenvalue weighted by Crippen LogP contribution is 2.31. The molecule has 0 saturated carbocycles. The molecule has 1 amide bonds. The fourth-order valence-corrected chi connectivity index (χ4v) is 2.14. The van der Waals surface area contributed by atoms with E-state index >= 15 is 0 Å². The Morgan fingerprint density at radius 1 is 1.40 bits per heavy atom. The van der Waals surface area contributed by atoms with Crippen LogP contribution in [-0.2, 0) is 0 Å². The van der Waals surface area contributed by atoms with Crippen molar-refractivity contribution in [2.24, 2.45) is 0 Å². The van der Waals surface area contributed by atoms with Crippen molar-refractivity contribution in [3.63, 3.8) is 0 Å². The summed E-state index contributed by atoms with van der Waals surface area (Å²) in [5.74, 6) is -1.05. The van der Waals surface area contributed by atoms with E-state index < -0.39 is 11.9 Å². The molecule has 1 aromatic carbocycles. The molecule has 7 nitrogen and oxygen atoms in total. The number of imidazole rings is 1. The van der Waals surface area contributed by atoms with E-state index in [1.807, 2.05) is 24.3 Å². The maximum atomic E-state index is 12.1. The van der Waals surface area contributed by atoms with Crippen LogP contribution in [0.4, 0.5) is 0 Å². The average Bonchev–Trinajstić information content (AvgIpc) is 3.06. The van der Waals surface area contributed by atoms with Gasteiger partial charge in [0.05, 0.1) is 12.4 Å². The first kappa shape index (κ1) is 12.2. The molecular weight excluding hydrogens is 262 g/mol. The first-order valence-electron chi connectivity index (χ1n) is 5.96. The highest BCUT2D eigenvalue weighted by molar-refractivity contribution is 6.02. The van der Waals surface area contributed by atoms with Crippen molar-refractivity contribution < 1.29 is 19.4 Å². The van der Waals surface area contributed by atoms with Crippen LogP contribution in [0.1, 0.15) is 32.6 Å². The first-order valence-corrected chi connectivity index (χ1v) is 5.96. The van der Waals surface area contributed by atoms with E-state index in [-0.39, 0.29) is 17.4 Å². The zero-order chi connectivity index (χ0) is 14.1. The van der Waals surface area contributed by atoms with Crippen LogP contribution in [0.25, 0.3) is 0 Å². The SMILES string of the molecule is O=C(NC1COc2ccccc21)c1nc[nH]c1C(=O)O. The lowest BCUT2D eigenvalue weighted by atomic mass is 10.1. The van der Waals surface area contributed by atoms with Crippen LogP contribution in [0.5, 0.6) is 5.75 Å². The Balaban J connectivity index is 1.81. The number of H-pyrrole nitrogens is 1. The fourth-order valence-electron chi connectivity index (χ4n) is 2.14. The molecule has 7 heteroatoms. The van der Waals surface area contributed by atoms with Gasteiger partial charge in [-0.3, -0.25) is 4.79 Å². The van der Waals surface area contributed by atoms with Gasteiger partial charge in [-0.15, -0.1) is 0 Å². The molecule has 2 heterocycles. The number of nitrogens with zero attached hydrogens (tertiary/aromatic N) is 1. The summed E-state index contributed by atoms with van der Waals surface area (Å²) < 4.78 is 5.45. The van der Waals surface area contributed by atoms with Gasteiger partial charge in [-0.25, -0.2) is 9.78 Å². The second kappa shape index (κ2) is 4.69. The molecule has 0 bridgehead atoms. The molecule has 3 rings (SSSR count). The van der Waals surface area contributed by atoms with Gasteiger partial charge in [0.1, 0.15) is 12.4 Å². The van der Waals surface area contributed by atoms with E-state index in [0.717, 1.165) is 11.3 Å². The molecule has 102 valence electrons. The number of fused-ring (bicyclic) bond motifs is 1. The smallest absolute Gasteiger partial charge is 0.354 e. The molecule has 20 heavy (non-hydrogen) atoms. The Kier molecular flexibility index (Phi) is 2.86. The van der Waals surface area contributed by atoms with Gasteiger partial charge in [-0.1, -0.05) is 18.2 Å². The summed E-state index contributed by atoms with van der Waals surface area (Å²) in [6, 6.07) is 7.06. The molecule has 1 unspecified atom stereocenters. The number of aromatic nitrogens is 2. The Morgan fingerprint density at radius 3 is 3.00 bits per heavy atom. The van der Waals surface area contributed by atoms with Crippen molar-refractivity contribution in [2.75, 3.05) is 6.61 Å². The summed E-state index contributed by atoms with van der Waals surface area (Å²) in [5, 5.41) is 11.7. The number of benzene rings is 1. The molecule has 2 aromatic rings. The molecule has 3 N–H and O–H groups in total. The second-order valence-electron chi connectivity index (χ2n) is 4.31. The molecule has 0 saturated heterocycles. The number of carboxylic acids is 1. The van der Waals surface area contributed by atoms with E-state index in [4.69, 9.17) is 9.84 Å². The molecular formula is C13H11N3O4. The van der Waals surface area contributed by atoms with Gasteiger partial charge in [0, 0.05) is 5.56 Å². The van der Waals surface area contributed by atoms with Crippen molar-refractivity contribution in [1.29, 1.82) is 0 Å². The lowest BCUT2D eigenvalue weighted by molar-refractivity contribution is 0.0684. The minimum Gasteiger partial charge on any atom is -0.491 e. The van der Waals surface area contributed by atoms with Crippen LogP contribution in [0.2, 0.25) is 0 Å². The standard InChI is InChI=1S/C13H11N3O4/c17-12(10-11(13(18)19)15-6-14-10)16-8-5-20-9-4-2-1-3-7(8)9/h1-4,6,8H,5H2,(H,14,15)(H,16,17)(H,18,19). The third-order valence-corrected chi connectivity index (χ3v) is 3.07. The minimum atomic E-state index is -1.23. The zero-order valence-electron chi connectivity index (χ0n) is 10.3. The predicted molar refractivity (Wildman–Crippen MR) is 67.7 cm³/mol. The van der Waals surface area contributed by atoms with Gasteiger partial charge in [-0.05, 0) is 6.07 Å². The number of carbonyl (C=O) groups is 2. The van der Waals surface area contributed by atoms with Crippen molar-refractivity contribution in [3.05, 3.63) is 47.5 Å². The van der Waals surface area contributed by atoms with Crippen LogP contribution < -0.4 is 10.1 Å². The number of carbonyl (C=O) groups excluding carboxylic acids is 1. The number of ether oxygens (including phenoxy) is 1. The quantitative estimate of drug-likeness (QED) is 0.773. The van der Waals surface area contributed by atoms with Crippen molar-refractivity contribution in [2.45, 2.75) is 6.04 Å². The normalized spacial score (nSPS) is 16.3. The van der Waals surface area contributed by atoms with Gasteiger partial charge >= 0.3 is 5.97 Å². The number of aromatic carboxylic acids is 1. The number of amides is 1. The molecule has 0 fully saturated rings. The van der Waals surface area contributed by atoms with Gasteiger partial charge in [-0.2, -0.15) is 0 Å². The minimum absolute atomic E-state index is 0.137. The number of hydrogen-bond acceptors (Lipinski definition) is 4. The van der Waals surface area contributed by atoms with Crippen LogP contribution in [0.15, 0.2) is 30.6 Å². The average molecular weight is 273 g/mol. The Morgan fingerprint density at radius 2 is 2.20 bits per heavy atom. The van der Waals surface area contributed by atoms with E-state index in [2.05, 4.69) is 15.3 Å². The lowest BCUT2D eigenvalue weighted by Gasteiger charge is -2.10. The third kappa shape index (κ3) is 1.99. The van der Waals surface area contributed by atoms with Crippen LogP contribution in [0.3, 0.4) is 0 Å². The van der Waals surface area contributed by atoms with Gasteiger partial charge in [0.15, 0.2) is 11.4 Å². The Labute approximate surface area is 113 Å². The number of aromatic amines is 1. The largest absolute Gasteiger partial charge is 0.491 e. The maximum absolute atomic E-state index is 12.1. The van der Waals surface area contributed by atoms with Crippen LogP contribution in [-0.4, -0.2) is 33.6 Å². The number of hydrogen-bond donors (Lipinski definition) is 3. The summed E-state index contributed by atoms with van der Waals surface area (Å²) in [5.41, 5.74) is 0.504. The molecule has 1 atom stereocenters. The number of rotatable bonds is 3. The Hall–Kier alpha value is -2.83. The summed E-state index contributed by atoms with van der Waals surface area (Å²) in [4.78, 5) is 29.2. The molecule has 1 aliphatic rings. The summed E-state index contributed by atoms with van der Waals surface area (Å²) in [7, 11) is 0. The summed E-state index contributed by atoms with van der Waals surface area (Å²) in [6.45, 7) is 0.317. The monoisotopic (exact) mass is 273 g/mol. The summed E-state index contributed by atoms with van der Waals surface area (Å²) >= 11 is 0. The lowest BCUT2D eigenvalue weighted by Crippen LogP contribution is -2.30. The fraction of sp³-hybridized carbons (Fsp3) is 0.154. The van der Waals surface area contributed by atoms with E-state index in [1.165, 1.54) is 6.33 Å². The molecule has 0 radical (unpaired) electrons. The predicted octanol–water partition coefficient (Wildman–Crippen LogP) is 0.971. The molecule has 0 aliphatic carbocycles. The number of para-hydroxylation sites is 1. The molecule has 1 aromatic heterocycles. The van der Waals surface area contributed by atoms with E-state index in [0.29, 0.717) is 6.61 Å². The number of nitrogens with one attached hydrogen (secondary N) is 2. The van der Waals surface area contributed by atoms with Gasteiger partial charge < -0.3 is 20.1 Å². The molecule has 1 aliphatic heterocycles. The maximum Gasteiger partial charge on any atom is 0.354 e.